The van der Waals surface area contributed by atoms with Gasteiger partial charge in [-0.3, -0.25) is 14.2 Å². The minimum absolute atomic E-state index is 0.0231. The number of ether oxygens (including phenoxy) is 5. The molecule has 12 nitrogen and oxygen atoms in total. The van der Waals surface area contributed by atoms with Gasteiger partial charge in [-0.2, -0.15) is 0 Å². The van der Waals surface area contributed by atoms with E-state index < -0.39 is 42.4 Å². The van der Waals surface area contributed by atoms with Gasteiger partial charge in [0.2, 0.25) is 0 Å². The van der Waals surface area contributed by atoms with E-state index in [9.17, 15) is 19.0 Å². The number of carbonyl (C=O) groups is 2. The molecule has 2 unspecified atom stereocenters. The van der Waals surface area contributed by atoms with Crippen LogP contribution in [0.15, 0.2) is 0 Å². The highest BCUT2D eigenvalue weighted by atomic mass is 79.9. The van der Waals surface area contributed by atoms with E-state index in [2.05, 4.69) is 15.9 Å². The Hall–Kier alpha value is -0.630. The van der Waals surface area contributed by atoms with Gasteiger partial charge in [0.25, 0.3) is 7.82 Å². The predicted molar refractivity (Wildman–Crippen MR) is 129 cm³/mol. The van der Waals surface area contributed by atoms with E-state index in [1.165, 1.54) is 14.2 Å². The second-order valence-electron chi connectivity index (χ2n) is 9.63. The molecule has 0 bridgehead atoms. The van der Waals surface area contributed by atoms with Crippen LogP contribution in [-0.2, 0) is 46.9 Å². The number of alkyl halides is 1. The van der Waals surface area contributed by atoms with Gasteiger partial charge < -0.3 is 42.1 Å². The molecule has 0 aliphatic rings. The van der Waals surface area contributed by atoms with Crippen LogP contribution < -0.4 is 4.89 Å². The van der Waals surface area contributed by atoms with Crippen molar-refractivity contribution < 1.29 is 56.3 Å². The van der Waals surface area contributed by atoms with Crippen molar-refractivity contribution in [3.05, 3.63) is 0 Å². The molecule has 0 aliphatic heterocycles. The third-order valence-electron chi connectivity index (χ3n) is 4.57. The third-order valence-corrected chi connectivity index (χ3v) is 6.17. The summed E-state index contributed by atoms with van der Waals surface area (Å²) in [4.78, 5) is 36.7. The normalized spacial score (nSPS) is 16.0. The molecule has 0 heterocycles. The summed E-state index contributed by atoms with van der Waals surface area (Å²) in [7, 11) is 4.16. The van der Waals surface area contributed by atoms with E-state index in [0.29, 0.717) is 11.0 Å². The van der Waals surface area contributed by atoms with Gasteiger partial charge in [0.15, 0.2) is 6.29 Å². The molecule has 0 aliphatic carbocycles. The van der Waals surface area contributed by atoms with Gasteiger partial charge in [0.1, 0.15) is 30.7 Å². The third kappa shape index (κ3) is 16.0. The summed E-state index contributed by atoms with van der Waals surface area (Å²) in [6.45, 7) is 4.94. The number of hydrogen-bond acceptors (Lipinski definition) is 11. The summed E-state index contributed by atoms with van der Waals surface area (Å²) in [5.74, 6) is -1.20. The van der Waals surface area contributed by atoms with Crippen molar-refractivity contribution in [3.8, 4) is 0 Å². The van der Waals surface area contributed by atoms with Crippen molar-refractivity contribution in [2.75, 3.05) is 81.5 Å². The highest BCUT2D eigenvalue weighted by Gasteiger charge is 2.42. The Bertz CT molecular complexity index is 693. The van der Waals surface area contributed by atoms with Gasteiger partial charge in [-0.25, -0.2) is 0 Å². The minimum Gasteiger partial charge on any atom is -0.756 e. The molecule has 0 fully saturated rings. The molecule has 208 valence electrons. The maximum absolute atomic E-state index is 12.5. The van der Waals surface area contributed by atoms with Gasteiger partial charge in [-0.15, -0.1) is 0 Å². The van der Waals surface area contributed by atoms with Crippen LogP contribution in [0.4, 0.5) is 0 Å². The fraction of sp³-hybridized carbons (Fsp3) is 0.905. The highest BCUT2D eigenvalue weighted by molar-refractivity contribution is 9.10. The van der Waals surface area contributed by atoms with E-state index in [1.54, 1.807) is 20.8 Å². The smallest absolute Gasteiger partial charge is 0.322 e. The van der Waals surface area contributed by atoms with Crippen LogP contribution in [0.1, 0.15) is 27.2 Å². The molecule has 35 heavy (non-hydrogen) atoms. The number of likely N-dealkylation sites (N-methyl/N-ethyl adjacent to an activating group) is 1. The zero-order valence-electron chi connectivity index (χ0n) is 22.0. The summed E-state index contributed by atoms with van der Waals surface area (Å²) >= 11 is 3.30. The topological polar surface area (TPSA) is 139 Å². The van der Waals surface area contributed by atoms with E-state index in [0.717, 1.165) is 0 Å². The van der Waals surface area contributed by atoms with Crippen LogP contribution >= 0.6 is 23.8 Å². The van der Waals surface area contributed by atoms with Crippen LogP contribution in [0.5, 0.6) is 0 Å². The predicted octanol–water partition coefficient (Wildman–Crippen LogP) is 1.49. The molecule has 0 aromatic heterocycles. The Kier molecular flexibility index (Phi) is 15.3. The molecule has 2 atom stereocenters. The molecule has 0 aromatic carbocycles. The molecular formula is C21H41BrNO11P. The molecule has 0 radical (unpaired) electrons. The van der Waals surface area contributed by atoms with Crippen LogP contribution in [-0.4, -0.2) is 109 Å². The number of methoxy groups -OCH3 is 2. The van der Waals surface area contributed by atoms with Crippen molar-refractivity contribution in [3.63, 3.8) is 0 Å². The summed E-state index contributed by atoms with van der Waals surface area (Å²) in [6.07, 6.45) is -0.447. The number of halogens is 1. The largest absolute Gasteiger partial charge is 0.756 e. The molecule has 0 N–H and O–H groups in total. The van der Waals surface area contributed by atoms with Crippen molar-refractivity contribution in [1.82, 2.24) is 0 Å². The lowest BCUT2D eigenvalue weighted by atomic mass is 9.83. The summed E-state index contributed by atoms with van der Waals surface area (Å²) < 4.78 is 46.2. The van der Waals surface area contributed by atoms with Crippen molar-refractivity contribution in [2.24, 2.45) is 5.41 Å². The lowest BCUT2D eigenvalue weighted by Crippen LogP contribution is -2.40. The van der Waals surface area contributed by atoms with Gasteiger partial charge in [-0.1, -0.05) is 15.9 Å². The Morgan fingerprint density at radius 3 is 1.97 bits per heavy atom. The van der Waals surface area contributed by atoms with Gasteiger partial charge >= 0.3 is 11.9 Å². The van der Waals surface area contributed by atoms with Crippen LogP contribution in [0.2, 0.25) is 0 Å². The van der Waals surface area contributed by atoms with Gasteiger partial charge in [0, 0.05) is 14.2 Å². The first kappa shape index (κ1) is 34.4. The van der Waals surface area contributed by atoms with E-state index in [1.807, 2.05) is 21.1 Å². The Morgan fingerprint density at radius 1 is 0.914 bits per heavy atom. The Morgan fingerprint density at radius 2 is 1.43 bits per heavy atom. The summed E-state index contributed by atoms with van der Waals surface area (Å²) in [5.41, 5.74) is -1.03. The lowest BCUT2D eigenvalue weighted by molar-refractivity contribution is -0.870. The van der Waals surface area contributed by atoms with E-state index >= 15 is 0 Å². The zero-order chi connectivity index (χ0) is 27.3. The average Bonchev–Trinajstić information content (AvgIpc) is 2.71. The van der Waals surface area contributed by atoms with Crippen LogP contribution in [0, 0.1) is 5.41 Å². The Labute approximate surface area is 216 Å². The quantitative estimate of drug-likeness (QED) is 0.0537. The van der Waals surface area contributed by atoms with Crippen molar-refractivity contribution in [2.45, 2.75) is 37.8 Å². The van der Waals surface area contributed by atoms with Gasteiger partial charge in [-0.05, 0) is 27.2 Å². The first-order valence-corrected chi connectivity index (χ1v) is 13.3. The zero-order valence-corrected chi connectivity index (χ0v) is 24.5. The van der Waals surface area contributed by atoms with Crippen molar-refractivity contribution >= 4 is 35.7 Å². The molecule has 0 saturated heterocycles. The van der Waals surface area contributed by atoms with Crippen molar-refractivity contribution in [1.29, 1.82) is 0 Å². The molecule has 0 aromatic rings. The standard InChI is InChI=1S/C21H41BrNO11P/c1-20(2,18(24)31-12-11-30-15-17(28-7)29-8)16-21(3,22)19(25)32-13-14-34-35(26,27)33-10-9-23(4,5)6/h17H,9-16H2,1-8H3. The molecular weight excluding hydrogens is 553 g/mol. The molecule has 0 rings (SSSR count). The molecule has 0 saturated carbocycles. The highest BCUT2D eigenvalue weighted by Crippen LogP contribution is 2.38. The molecule has 0 amide bonds. The summed E-state index contributed by atoms with van der Waals surface area (Å²) in [6, 6.07) is 0. The number of quaternary nitrogens is 1. The maximum Gasteiger partial charge on any atom is 0.322 e. The first-order chi connectivity index (χ1) is 16.0. The second kappa shape index (κ2) is 15.6. The fourth-order valence-electron chi connectivity index (χ4n) is 2.67. The number of phosphoric acid groups is 1. The maximum atomic E-state index is 12.5. The monoisotopic (exact) mass is 593 g/mol. The second-order valence-corrected chi connectivity index (χ2v) is 12.8. The number of carbonyl (C=O) groups excluding carboxylic acids is 2. The summed E-state index contributed by atoms with van der Waals surface area (Å²) in [5, 5.41) is 0. The minimum atomic E-state index is -4.50. The number of hydrogen-bond donors (Lipinski definition) is 0. The number of rotatable bonds is 19. The molecule has 0 spiro atoms. The van der Waals surface area contributed by atoms with Crippen LogP contribution in [0.25, 0.3) is 0 Å². The SMILES string of the molecule is COC(COCCOC(=O)C(C)(C)CC(C)(Br)C(=O)OCCOP(=O)([O-])OCC[N+](C)(C)C)OC. The number of nitrogens with zero attached hydrogens (tertiary/aromatic N) is 1. The average molecular weight is 594 g/mol. The fourth-order valence-corrected chi connectivity index (χ4v) is 4.17. The Balaban J connectivity index is 4.43. The van der Waals surface area contributed by atoms with E-state index in [4.69, 9.17) is 32.7 Å². The van der Waals surface area contributed by atoms with E-state index in [-0.39, 0.29) is 39.5 Å². The van der Waals surface area contributed by atoms with Crippen LogP contribution in [0.3, 0.4) is 0 Å². The number of esters is 2. The van der Waals surface area contributed by atoms with Gasteiger partial charge in [0.05, 0.1) is 46.4 Å². The molecule has 14 heteroatoms. The number of phosphoric ester groups is 1. The lowest BCUT2D eigenvalue weighted by Gasteiger charge is -2.30. The first-order valence-electron chi connectivity index (χ1n) is 11.0.